The molecule has 2 atom stereocenters. The largest absolute Gasteiger partial charge is 0.448 e. The molecule has 1 saturated heterocycles. The Morgan fingerprint density at radius 3 is 2.72 bits per heavy atom. The van der Waals surface area contributed by atoms with Gasteiger partial charge in [0.25, 0.3) is 5.91 Å². The smallest absolute Gasteiger partial charge is 0.254 e. The summed E-state index contributed by atoms with van der Waals surface area (Å²) in [6, 6.07) is 7.43. The number of fused-ring (bicyclic) bond motifs is 2. The standard InChI is InChI=1S/C22H19F2N3O2/c23-15-3-7-18-13(9-15)1-5-17-6-2-14(11-27(17)22(18)28)21-26-20(12-29-21)19-8-4-16(24)10-25-19/h3-4,7-10,12,14,17H,1-2,5-6,11H2/t14-,17-/m1/s1. The van der Waals surface area contributed by atoms with Gasteiger partial charge in [-0.3, -0.25) is 9.78 Å². The molecule has 1 amide bonds. The van der Waals surface area contributed by atoms with Crippen LogP contribution in [0.25, 0.3) is 11.4 Å². The number of hydrogen-bond donors (Lipinski definition) is 0. The molecule has 29 heavy (non-hydrogen) atoms. The Hall–Kier alpha value is -3.09. The van der Waals surface area contributed by atoms with Gasteiger partial charge < -0.3 is 9.32 Å². The van der Waals surface area contributed by atoms with E-state index in [1.54, 1.807) is 12.1 Å². The van der Waals surface area contributed by atoms with E-state index in [-0.39, 0.29) is 23.7 Å². The van der Waals surface area contributed by atoms with Crippen LogP contribution < -0.4 is 0 Å². The first-order chi connectivity index (χ1) is 14.1. The van der Waals surface area contributed by atoms with Gasteiger partial charge >= 0.3 is 0 Å². The summed E-state index contributed by atoms with van der Waals surface area (Å²) < 4.78 is 32.4. The molecule has 0 aliphatic carbocycles. The van der Waals surface area contributed by atoms with Crippen molar-refractivity contribution in [3.63, 3.8) is 0 Å². The maximum atomic E-state index is 13.6. The zero-order chi connectivity index (χ0) is 20.0. The van der Waals surface area contributed by atoms with Crippen molar-refractivity contribution in [2.75, 3.05) is 6.54 Å². The van der Waals surface area contributed by atoms with Gasteiger partial charge in [-0.15, -0.1) is 0 Å². The molecule has 148 valence electrons. The van der Waals surface area contributed by atoms with Crippen LogP contribution in [-0.4, -0.2) is 33.4 Å². The predicted octanol–water partition coefficient (Wildman–Crippen LogP) is 4.35. The highest BCUT2D eigenvalue weighted by Crippen LogP contribution is 2.35. The Kier molecular flexibility index (Phi) is 4.38. The molecule has 0 N–H and O–H groups in total. The number of aryl methyl sites for hydroxylation is 1. The third-order valence-electron chi connectivity index (χ3n) is 5.87. The molecule has 5 rings (SSSR count). The molecule has 0 unspecified atom stereocenters. The number of nitrogens with zero attached hydrogens (tertiary/aromatic N) is 3. The Bertz CT molecular complexity index is 1060. The minimum absolute atomic E-state index is 0.0219. The summed E-state index contributed by atoms with van der Waals surface area (Å²) in [6.07, 6.45) is 5.89. The van der Waals surface area contributed by atoms with Crippen molar-refractivity contribution in [1.29, 1.82) is 0 Å². The van der Waals surface area contributed by atoms with Crippen molar-refractivity contribution in [2.24, 2.45) is 0 Å². The number of amides is 1. The number of carbonyl (C=O) groups excluding carboxylic acids is 1. The number of aromatic nitrogens is 2. The molecular weight excluding hydrogens is 376 g/mol. The van der Waals surface area contributed by atoms with Gasteiger partial charge in [-0.25, -0.2) is 13.8 Å². The molecule has 1 aromatic carbocycles. The first-order valence-corrected chi connectivity index (χ1v) is 9.75. The number of halogens is 2. The molecule has 4 heterocycles. The molecule has 0 spiro atoms. The number of carbonyl (C=O) groups is 1. The minimum Gasteiger partial charge on any atom is -0.448 e. The van der Waals surface area contributed by atoms with E-state index in [9.17, 15) is 13.6 Å². The third-order valence-corrected chi connectivity index (χ3v) is 5.87. The molecule has 1 fully saturated rings. The quantitative estimate of drug-likeness (QED) is 0.647. The highest BCUT2D eigenvalue weighted by atomic mass is 19.1. The van der Waals surface area contributed by atoms with Crippen LogP contribution >= 0.6 is 0 Å². The number of piperidine rings is 1. The lowest BCUT2D eigenvalue weighted by molar-refractivity contribution is 0.0574. The van der Waals surface area contributed by atoms with Crippen molar-refractivity contribution >= 4 is 5.91 Å². The topological polar surface area (TPSA) is 59.2 Å². The van der Waals surface area contributed by atoms with E-state index >= 15 is 0 Å². The fourth-order valence-electron chi connectivity index (χ4n) is 4.35. The molecular formula is C22H19F2N3O2. The van der Waals surface area contributed by atoms with Crippen molar-refractivity contribution < 1.29 is 18.0 Å². The van der Waals surface area contributed by atoms with Crippen LogP contribution in [0.3, 0.4) is 0 Å². The Labute approximate surface area is 166 Å². The zero-order valence-corrected chi connectivity index (χ0v) is 15.6. The van der Waals surface area contributed by atoms with E-state index in [4.69, 9.17) is 4.42 Å². The number of hydrogen-bond acceptors (Lipinski definition) is 4. The van der Waals surface area contributed by atoms with Crippen LogP contribution in [0.15, 0.2) is 47.2 Å². The highest BCUT2D eigenvalue weighted by molar-refractivity contribution is 5.96. The zero-order valence-electron chi connectivity index (χ0n) is 15.6. The van der Waals surface area contributed by atoms with Crippen molar-refractivity contribution in [1.82, 2.24) is 14.9 Å². The van der Waals surface area contributed by atoms with Gasteiger partial charge in [-0.05, 0) is 61.6 Å². The number of pyridine rings is 1. The number of rotatable bonds is 2. The summed E-state index contributed by atoms with van der Waals surface area (Å²) in [6.45, 7) is 0.511. The van der Waals surface area contributed by atoms with E-state index < -0.39 is 5.82 Å². The molecule has 7 heteroatoms. The van der Waals surface area contributed by atoms with Crippen LogP contribution in [0.4, 0.5) is 8.78 Å². The second-order valence-corrected chi connectivity index (χ2v) is 7.66. The molecule has 2 aliphatic rings. The van der Waals surface area contributed by atoms with Gasteiger partial charge in [0, 0.05) is 18.2 Å². The second-order valence-electron chi connectivity index (χ2n) is 7.66. The average molecular weight is 395 g/mol. The Morgan fingerprint density at radius 1 is 1.03 bits per heavy atom. The summed E-state index contributed by atoms with van der Waals surface area (Å²) >= 11 is 0. The summed E-state index contributed by atoms with van der Waals surface area (Å²) in [5, 5.41) is 0. The summed E-state index contributed by atoms with van der Waals surface area (Å²) in [5.74, 6) is -0.238. The highest BCUT2D eigenvalue weighted by Gasteiger charge is 2.37. The normalized spacial score (nSPS) is 21.4. The van der Waals surface area contributed by atoms with E-state index in [2.05, 4.69) is 9.97 Å². The van der Waals surface area contributed by atoms with Crippen LogP contribution in [0.1, 0.15) is 47.0 Å². The van der Waals surface area contributed by atoms with Crippen molar-refractivity contribution in [2.45, 2.75) is 37.6 Å². The molecule has 2 aromatic heterocycles. The lowest BCUT2D eigenvalue weighted by Gasteiger charge is -2.37. The maximum absolute atomic E-state index is 13.6. The first-order valence-electron chi connectivity index (χ1n) is 9.75. The average Bonchev–Trinajstić information content (AvgIpc) is 3.18. The van der Waals surface area contributed by atoms with Crippen LogP contribution in [0.2, 0.25) is 0 Å². The lowest BCUT2D eigenvalue weighted by atomic mass is 9.90. The maximum Gasteiger partial charge on any atom is 0.254 e. The monoisotopic (exact) mass is 395 g/mol. The van der Waals surface area contributed by atoms with Crippen molar-refractivity contribution in [3.05, 3.63) is 71.4 Å². The van der Waals surface area contributed by atoms with Crippen LogP contribution in [-0.2, 0) is 6.42 Å². The van der Waals surface area contributed by atoms with Gasteiger partial charge in [0.1, 0.15) is 23.6 Å². The Morgan fingerprint density at radius 2 is 1.90 bits per heavy atom. The minimum atomic E-state index is -0.407. The SMILES string of the molecule is O=C1c2ccc(F)cc2CC[C@@H]2CC[C@@H](c3nc(-c4ccc(F)cn4)co3)CN12. The fourth-order valence-corrected chi connectivity index (χ4v) is 4.35. The summed E-state index contributed by atoms with van der Waals surface area (Å²) in [5.41, 5.74) is 2.45. The van der Waals surface area contributed by atoms with Crippen LogP contribution in [0.5, 0.6) is 0 Å². The van der Waals surface area contributed by atoms with Crippen LogP contribution in [0, 0.1) is 11.6 Å². The molecule has 3 aromatic rings. The molecule has 2 aliphatic heterocycles. The fraction of sp³-hybridized carbons (Fsp3) is 0.318. The van der Waals surface area contributed by atoms with E-state index in [0.717, 1.165) is 31.0 Å². The van der Waals surface area contributed by atoms with Gasteiger partial charge in [-0.2, -0.15) is 0 Å². The first kappa shape index (κ1) is 18.0. The molecule has 0 bridgehead atoms. The van der Waals surface area contributed by atoms with Crippen molar-refractivity contribution in [3.8, 4) is 11.4 Å². The van der Waals surface area contributed by atoms with Gasteiger partial charge in [0.15, 0.2) is 5.89 Å². The van der Waals surface area contributed by atoms with Gasteiger partial charge in [0.2, 0.25) is 0 Å². The molecule has 0 radical (unpaired) electrons. The number of oxazole rings is 1. The lowest BCUT2D eigenvalue weighted by Crippen LogP contribution is -2.45. The van der Waals surface area contributed by atoms with E-state index in [1.807, 2.05) is 4.90 Å². The van der Waals surface area contributed by atoms with Gasteiger partial charge in [-0.1, -0.05) is 0 Å². The third kappa shape index (κ3) is 3.30. The van der Waals surface area contributed by atoms with Gasteiger partial charge in [0.05, 0.1) is 17.8 Å². The van der Waals surface area contributed by atoms with E-state index in [0.29, 0.717) is 35.8 Å². The second kappa shape index (κ2) is 7.06. The number of benzene rings is 1. The summed E-state index contributed by atoms with van der Waals surface area (Å²) in [7, 11) is 0. The summed E-state index contributed by atoms with van der Waals surface area (Å²) in [4.78, 5) is 23.6. The predicted molar refractivity (Wildman–Crippen MR) is 101 cm³/mol. The van der Waals surface area contributed by atoms with E-state index in [1.165, 1.54) is 24.5 Å². The molecule has 5 nitrogen and oxygen atoms in total. The Balaban J connectivity index is 1.39. The molecule has 0 saturated carbocycles.